The average Bonchev–Trinajstić information content (AvgIpc) is 3.16. The predicted octanol–water partition coefficient (Wildman–Crippen LogP) is 3.91. The Bertz CT molecular complexity index is 1100. The summed E-state index contributed by atoms with van der Waals surface area (Å²) in [7, 11) is 4.60. The molecule has 7 nitrogen and oxygen atoms in total. The van der Waals surface area contributed by atoms with Crippen molar-refractivity contribution in [3.05, 3.63) is 58.8 Å². The molecule has 0 amide bonds. The highest BCUT2D eigenvalue weighted by Gasteiger charge is 2.37. The first-order valence-electron chi connectivity index (χ1n) is 10.3. The summed E-state index contributed by atoms with van der Waals surface area (Å²) >= 11 is 5.72. The monoisotopic (exact) mass is 454 g/mol. The topological polar surface area (TPSA) is 69.3 Å². The van der Waals surface area contributed by atoms with E-state index in [0.717, 1.165) is 34.7 Å². The summed E-state index contributed by atoms with van der Waals surface area (Å²) in [6.07, 6.45) is 0.903. The predicted molar refractivity (Wildman–Crippen MR) is 125 cm³/mol. The van der Waals surface area contributed by atoms with Crippen LogP contribution < -0.4 is 24.4 Å². The van der Waals surface area contributed by atoms with Gasteiger partial charge in [0.25, 0.3) is 0 Å². The van der Waals surface area contributed by atoms with E-state index in [4.69, 9.17) is 31.2 Å². The molecule has 0 fully saturated rings. The molecule has 0 unspecified atom stereocenters. The largest absolute Gasteiger partial charge is 0.497 e. The molecular formula is C24H26N2O5S. The highest BCUT2D eigenvalue weighted by atomic mass is 32.1. The molecule has 0 spiro atoms. The van der Waals surface area contributed by atoms with Gasteiger partial charge in [0.2, 0.25) is 0 Å². The van der Waals surface area contributed by atoms with Crippen molar-refractivity contribution in [3.8, 4) is 17.2 Å². The molecule has 2 aromatic carbocycles. The van der Waals surface area contributed by atoms with Gasteiger partial charge in [0.1, 0.15) is 23.4 Å². The summed E-state index contributed by atoms with van der Waals surface area (Å²) in [5.41, 5.74) is 3.76. The smallest absolute Gasteiger partial charge is 0.337 e. The Hall–Kier alpha value is -3.26. The van der Waals surface area contributed by atoms with Crippen molar-refractivity contribution < 1.29 is 23.7 Å². The van der Waals surface area contributed by atoms with Crippen LogP contribution in [0, 0.1) is 0 Å². The second-order valence-corrected chi connectivity index (χ2v) is 8.13. The van der Waals surface area contributed by atoms with Crippen LogP contribution in [0.1, 0.15) is 31.0 Å². The molecule has 0 saturated heterocycles. The number of allylic oxidation sites excluding steroid dienone is 1. The van der Waals surface area contributed by atoms with Crippen LogP contribution in [-0.2, 0) is 16.0 Å². The normalized spacial score (nSPS) is 19.8. The number of nitrogens with one attached hydrogen (secondary N) is 1. The van der Waals surface area contributed by atoms with Crippen molar-refractivity contribution in [3.63, 3.8) is 0 Å². The molecule has 2 aliphatic rings. The third kappa shape index (κ3) is 3.75. The van der Waals surface area contributed by atoms with Gasteiger partial charge in [0.05, 0.1) is 32.9 Å². The van der Waals surface area contributed by atoms with Crippen LogP contribution in [0.25, 0.3) is 0 Å². The summed E-state index contributed by atoms with van der Waals surface area (Å²) < 4.78 is 22.0. The van der Waals surface area contributed by atoms with Gasteiger partial charge in [-0.25, -0.2) is 4.79 Å². The zero-order valence-electron chi connectivity index (χ0n) is 18.7. The van der Waals surface area contributed by atoms with Crippen molar-refractivity contribution in [1.29, 1.82) is 0 Å². The minimum absolute atomic E-state index is 0.0910. The van der Waals surface area contributed by atoms with E-state index in [1.165, 1.54) is 7.11 Å². The number of methoxy groups -OCH3 is 3. The number of nitrogens with zero attached hydrogens (tertiary/aromatic N) is 1. The lowest BCUT2D eigenvalue weighted by atomic mass is 9.92. The number of hydrogen-bond acceptors (Lipinski definition) is 6. The summed E-state index contributed by atoms with van der Waals surface area (Å²) in [5.74, 6) is 1.74. The van der Waals surface area contributed by atoms with Crippen LogP contribution in [0.3, 0.4) is 0 Å². The Morgan fingerprint density at radius 3 is 2.50 bits per heavy atom. The number of rotatable bonds is 5. The summed E-state index contributed by atoms with van der Waals surface area (Å²) in [5, 5.41) is 3.77. The molecule has 0 saturated carbocycles. The Morgan fingerprint density at radius 2 is 1.88 bits per heavy atom. The standard InChI is InChI=1S/C24H26N2O5S/c1-13-10-15-11-20(29-4)18(12-19(15)31-13)22-21(23(27)30-5)14(2)26(24(32)25-22)16-6-8-17(28-3)9-7-16/h6-9,11-13,22H,10H2,1-5H3,(H,25,32)/t13-,22-/m1/s1. The minimum atomic E-state index is -0.552. The van der Waals surface area contributed by atoms with Gasteiger partial charge in [-0.1, -0.05) is 0 Å². The highest BCUT2D eigenvalue weighted by Crippen LogP contribution is 2.42. The molecule has 0 bridgehead atoms. The third-order valence-corrected chi connectivity index (χ3v) is 6.08. The number of carbonyl (C=O) groups excluding carboxylic acids is 1. The lowest BCUT2D eigenvalue weighted by molar-refractivity contribution is -0.136. The third-order valence-electron chi connectivity index (χ3n) is 5.78. The molecular weight excluding hydrogens is 428 g/mol. The first-order chi connectivity index (χ1) is 15.4. The van der Waals surface area contributed by atoms with Crippen molar-refractivity contribution in [2.75, 3.05) is 26.2 Å². The number of benzene rings is 2. The first-order valence-corrected chi connectivity index (χ1v) is 10.7. The fourth-order valence-electron chi connectivity index (χ4n) is 4.25. The Kier molecular flexibility index (Phi) is 5.97. The van der Waals surface area contributed by atoms with Gasteiger partial charge < -0.3 is 24.3 Å². The van der Waals surface area contributed by atoms with Crippen molar-refractivity contribution in [1.82, 2.24) is 5.32 Å². The van der Waals surface area contributed by atoms with Crippen LogP contribution in [0.5, 0.6) is 17.2 Å². The lowest BCUT2D eigenvalue weighted by Gasteiger charge is -2.37. The Morgan fingerprint density at radius 1 is 1.16 bits per heavy atom. The average molecular weight is 455 g/mol. The molecule has 0 aromatic heterocycles. The maximum Gasteiger partial charge on any atom is 0.337 e. The van der Waals surface area contributed by atoms with Crippen molar-refractivity contribution in [2.24, 2.45) is 0 Å². The number of carbonyl (C=O) groups is 1. The van der Waals surface area contributed by atoms with Crippen LogP contribution in [0.15, 0.2) is 47.7 Å². The molecule has 2 heterocycles. The summed E-state index contributed by atoms with van der Waals surface area (Å²) in [4.78, 5) is 14.8. The van der Waals surface area contributed by atoms with Crippen LogP contribution in [-0.4, -0.2) is 38.5 Å². The molecule has 4 rings (SSSR count). The molecule has 168 valence electrons. The van der Waals surface area contributed by atoms with E-state index >= 15 is 0 Å². The van der Waals surface area contributed by atoms with Gasteiger partial charge in [-0.15, -0.1) is 0 Å². The Labute approximate surface area is 192 Å². The van der Waals surface area contributed by atoms with Gasteiger partial charge in [-0.3, -0.25) is 4.90 Å². The number of thiocarbonyl (C=S) groups is 1. The maximum absolute atomic E-state index is 12.9. The van der Waals surface area contributed by atoms with Crippen LogP contribution in [0.2, 0.25) is 0 Å². The summed E-state index contributed by atoms with van der Waals surface area (Å²) in [6.45, 7) is 3.88. The number of hydrogen-bond donors (Lipinski definition) is 1. The van der Waals surface area contributed by atoms with Crippen LogP contribution in [0.4, 0.5) is 5.69 Å². The van der Waals surface area contributed by atoms with E-state index < -0.39 is 12.0 Å². The fourth-order valence-corrected chi connectivity index (χ4v) is 4.61. The molecule has 2 aromatic rings. The van der Waals surface area contributed by atoms with E-state index in [0.29, 0.717) is 22.1 Å². The Balaban J connectivity index is 1.84. The lowest BCUT2D eigenvalue weighted by Crippen LogP contribution is -2.48. The molecule has 2 atom stereocenters. The number of esters is 1. The number of ether oxygens (including phenoxy) is 4. The molecule has 0 radical (unpaired) electrons. The molecule has 32 heavy (non-hydrogen) atoms. The van der Waals surface area contributed by atoms with Crippen LogP contribution >= 0.6 is 12.2 Å². The van der Waals surface area contributed by atoms with Gasteiger partial charge >= 0.3 is 5.97 Å². The second kappa shape index (κ2) is 8.70. The second-order valence-electron chi connectivity index (χ2n) is 7.74. The first kappa shape index (κ1) is 22.0. The van der Waals surface area contributed by atoms with E-state index in [2.05, 4.69) is 5.32 Å². The molecule has 1 N–H and O–H groups in total. The molecule has 0 aliphatic carbocycles. The SMILES string of the molecule is COC(=O)C1=C(C)N(c2ccc(OC)cc2)C(=S)N[C@@H]1c1cc2c(cc1OC)C[C@@H](C)O2. The number of fused-ring (bicyclic) bond motifs is 1. The van der Waals surface area contributed by atoms with E-state index in [1.807, 2.05) is 55.1 Å². The molecule has 2 aliphatic heterocycles. The van der Waals surface area contributed by atoms with Crippen molar-refractivity contribution in [2.45, 2.75) is 32.4 Å². The zero-order chi connectivity index (χ0) is 23.0. The van der Waals surface area contributed by atoms with E-state index in [-0.39, 0.29) is 6.10 Å². The van der Waals surface area contributed by atoms with Gasteiger partial charge in [0.15, 0.2) is 5.11 Å². The quantitative estimate of drug-likeness (QED) is 0.539. The highest BCUT2D eigenvalue weighted by molar-refractivity contribution is 7.80. The van der Waals surface area contributed by atoms with E-state index in [1.54, 1.807) is 14.2 Å². The minimum Gasteiger partial charge on any atom is -0.497 e. The van der Waals surface area contributed by atoms with Crippen molar-refractivity contribution >= 4 is 29.0 Å². The summed E-state index contributed by atoms with van der Waals surface area (Å²) in [6, 6.07) is 10.8. The number of anilines is 1. The fraction of sp³-hybridized carbons (Fsp3) is 0.333. The van der Waals surface area contributed by atoms with Gasteiger partial charge in [0, 0.05) is 28.9 Å². The van der Waals surface area contributed by atoms with Gasteiger partial charge in [-0.2, -0.15) is 0 Å². The van der Waals surface area contributed by atoms with E-state index in [9.17, 15) is 4.79 Å². The molecule has 8 heteroatoms. The van der Waals surface area contributed by atoms with Gasteiger partial charge in [-0.05, 0) is 62.5 Å². The zero-order valence-corrected chi connectivity index (χ0v) is 19.5. The maximum atomic E-state index is 12.9.